The molecule has 1 aromatic rings. The SMILES string of the molecule is COC(=O)c1cc(Cl)ccc1NS(=O)(=O)CCl. The van der Waals surface area contributed by atoms with E-state index in [9.17, 15) is 13.2 Å². The van der Waals surface area contributed by atoms with E-state index < -0.39 is 21.2 Å². The normalized spacial score (nSPS) is 11.0. The summed E-state index contributed by atoms with van der Waals surface area (Å²) in [6, 6.07) is 4.11. The van der Waals surface area contributed by atoms with Crippen molar-refractivity contribution in [2.75, 3.05) is 17.0 Å². The molecule has 8 heteroatoms. The van der Waals surface area contributed by atoms with Crippen LogP contribution in [0.1, 0.15) is 10.4 Å². The number of alkyl halides is 1. The van der Waals surface area contributed by atoms with Gasteiger partial charge in [-0.2, -0.15) is 0 Å². The second-order valence-corrected chi connectivity index (χ2v) is 5.75. The van der Waals surface area contributed by atoms with E-state index in [1.807, 2.05) is 0 Å². The maximum absolute atomic E-state index is 11.4. The predicted molar refractivity (Wildman–Crippen MR) is 66.1 cm³/mol. The number of anilines is 1. The lowest BCUT2D eigenvalue weighted by atomic mass is 10.2. The van der Waals surface area contributed by atoms with Crippen molar-refractivity contribution in [3.05, 3.63) is 28.8 Å². The highest BCUT2D eigenvalue weighted by Gasteiger charge is 2.16. The van der Waals surface area contributed by atoms with Crippen LogP contribution in [-0.4, -0.2) is 26.7 Å². The van der Waals surface area contributed by atoms with Gasteiger partial charge in [0.15, 0.2) is 0 Å². The minimum atomic E-state index is -3.69. The Morgan fingerprint density at radius 1 is 1.47 bits per heavy atom. The van der Waals surface area contributed by atoms with E-state index in [0.717, 1.165) is 0 Å². The number of hydrogen-bond acceptors (Lipinski definition) is 4. The van der Waals surface area contributed by atoms with Crippen LogP contribution in [0.25, 0.3) is 0 Å². The molecule has 0 amide bonds. The van der Waals surface area contributed by atoms with Crippen molar-refractivity contribution in [1.29, 1.82) is 0 Å². The molecule has 1 aromatic carbocycles. The van der Waals surface area contributed by atoms with Crippen LogP contribution in [0.3, 0.4) is 0 Å². The van der Waals surface area contributed by atoms with Crippen LogP contribution in [0, 0.1) is 0 Å². The minimum Gasteiger partial charge on any atom is -0.465 e. The number of hydrogen-bond donors (Lipinski definition) is 1. The first-order chi connectivity index (χ1) is 7.89. The number of nitrogens with one attached hydrogen (secondary N) is 1. The van der Waals surface area contributed by atoms with E-state index in [4.69, 9.17) is 23.2 Å². The van der Waals surface area contributed by atoms with Gasteiger partial charge in [-0.05, 0) is 18.2 Å². The van der Waals surface area contributed by atoms with Gasteiger partial charge in [-0.1, -0.05) is 11.6 Å². The molecule has 94 valence electrons. The van der Waals surface area contributed by atoms with E-state index in [1.54, 1.807) is 0 Å². The number of benzene rings is 1. The number of carbonyl (C=O) groups excluding carboxylic acids is 1. The summed E-state index contributed by atoms with van der Waals surface area (Å²) in [6.07, 6.45) is 0. The van der Waals surface area contributed by atoms with Crippen molar-refractivity contribution in [3.8, 4) is 0 Å². The van der Waals surface area contributed by atoms with Crippen molar-refractivity contribution in [1.82, 2.24) is 0 Å². The maximum atomic E-state index is 11.4. The minimum absolute atomic E-state index is 0.0219. The number of halogens is 2. The molecule has 0 saturated heterocycles. The molecule has 0 unspecified atom stereocenters. The summed E-state index contributed by atoms with van der Waals surface area (Å²) in [5, 5.41) is -0.324. The van der Waals surface area contributed by atoms with Gasteiger partial charge in [0.1, 0.15) is 5.21 Å². The fourth-order valence-corrected chi connectivity index (χ4v) is 1.98. The van der Waals surface area contributed by atoms with Crippen molar-refractivity contribution < 1.29 is 17.9 Å². The molecule has 0 bridgehead atoms. The number of sulfonamides is 1. The van der Waals surface area contributed by atoms with E-state index in [0.29, 0.717) is 5.02 Å². The zero-order valence-corrected chi connectivity index (χ0v) is 11.1. The van der Waals surface area contributed by atoms with Gasteiger partial charge in [0.05, 0.1) is 18.4 Å². The topological polar surface area (TPSA) is 72.5 Å². The van der Waals surface area contributed by atoms with Gasteiger partial charge in [-0.3, -0.25) is 4.72 Å². The molecule has 0 saturated carbocycles. The third-order valence-electron chi connectivity index (χ3n) is 1.80. The van der Waals surface area contributed by atoms with E-state index in [1.165, 1.54) is 25.3 Å². The van der Waals surface area contributed by atoms with Gasteiger partial charge in [0, 0.05) is 5.02 Å². The Kier molecular flexibility index (Phi) is 4.62. The van der Waals surface area contributed by atoms with E-state index in [-0.39, 0.29) is 11.3 Å². The van der Waals surface area contributed by atoms with Gasteiger partial charge >= 0.3 is 5.97 Å². The molecule has 0 atom stereocenters. The molecule has 0 radical (unpaired) electrons. The number of carbonyl (C=O) groups is 1. The maximum Gasteiger partial charge on any atom is 0.340 e. The van der Waals surface area contributed by atoms with Crippen LogP contribution in [-0.2, 0) is 14.8 Å². The van der Waals surface area contributed by atoms with Crippen LogP contribution in [0.5, 0.6) is 0 Å². The summed E-state index contributed by atoms with van der Waals surface area (Å²) in [6.45, 7) is 0. The van der Waals surface area contributed by atoms with Crippen LogP contribution in [0.15, 0.2) is 18.2 Å². The van der Waals surface area contributed by atoms with Crippen molar-refractivity contribution in [2.24, 2.45) is 0 Å². The Hall–Kier alpha value is -0.980. The Balaban J connectivity index is 3.20. The van der Waals surface area contributed by atoms with Gasteiger partial charge in [-0.25, -0.2) is 13.2 Å². The highest BCUT2D eigenvalue weighted by atomic mass is 35.5. The summed E-state index contributed by atoms with van der Waals surface area (Å²) in [5.74, 6) is -0.695. The molecule has 0 aromatic heterocycles. The molecular weight excluding hydrogens is 289 g/mol. The monoisotopic (exact) mass is 297 g/mol. The standard InChI is InChI=1S/C9H9Cl2NO4S/c1-16-9(13)7-4-6(11)2-3-8(7)12-17(14,15)5-10/h2-4,12H,5H2,1H3. The first-order valence-electron chi connectivity index (χ1n) is 4.34. The van der Waals surface area contributed by atoms with Crippen molar-refractivity contribution in [2.45, 2.75) is 0 Å². The molecule has 1 rings (SSSR count). The van der Waals surface area contributed by atoms with Crippen molar-refractivity contribution >= 4 is 44.9 Å². The second-order valence-electron chi connectivity index (χ2n) is 3.01. The number of ether oxygens (including phenoxy) is 1. The summed E-state index contributed by atoms with van der Waals surface area (Å²) >= 11 is 11.0. The van der Waals surface area contributed by atoms with Gasteiger partial charge in [-0.15, -0.1) is 11.6 Å². The zero-order valence-electron chi connectivity index (χ0n) is 8.74. The molecule has 0 heterocycles. The Morgan fingerprint density at radius 2 is 2.12 bits per heavy atom. The third-order valence-corrected chi connectivity index (χ3v) is 3.71. The third kappa shape index (κ3) is 3.76. The fraction of sp³-hybridized carbons (Fsp3) is 0.222. The van der Waals surface area contributed by atoms with Crippen LogP contribution in [0.4, 0.5) is 5.69 Å². The lowest BCUT2D eigenvalue weighted by molar-refractivity contribution is 0.0602. The summed E-state index contributed by atoms with van der Waals surface area (Å²) in [4.78, 5) is 11.4. The Labute approximate surface area is 109 Å². The number of methoxy groups -OCH3 is 1. The fourth-order valence-electron chi connectivity index (χ4n) is 1.08. The zero-order chi connectivity index (χ0) is 13.1. The highest BCUT2D eigenvalue weighted by molar-refractivity contribution is 7.93. The van der Waals surface area contributed by atoms with Crippen LogP contribution in [0.2, 0.25) is 5.02 Å². The smallest absolute Gasteiger partial charge is 0.340 e. The van der Waals surface area contributed by atoms with Crippen LogP contribution >= 0.6 is 23.2 Å². The molecule has 0 aliphatic carbocycles. The summed E-state index contributed by atoms with van der Waals surface area (Å²) in [7, 11) is -2.50. The second kappa shape index (κ2) is 5.57. The lowest BCUT2D eigenvalue weighted by Crippen LogP contribution is -2.16. The molecule has 0 spiro atoms. The first kappa shape index (κ1) is 14.1. The van der Waals surface area contributed by atoms with Gasteiger partial charge in [0.25, 0.3) is 0 Å². The molecule has 0 aliphatic rings. The molecule has 17 heavy (non-hydrogen) atoms. The highest BCUT2D eigenvalue weighted by Crippen LogP contribution is 2.22. The molecule has 0 aliphatic heterocycles. The average molecular weight is 298 g/mol. The lowest BCUT2D eigenvalue weighted by Gasteiger charge is -2.10. The van der Waals surface area contributed by atoms with E-state index >= 15 is 0 Å². The largest absolute Gasteiger partial charge is 0.465 e. The molecular formula is C9H9Cl2NO4S. The average Bonchev–Trinajstić information content (AvgIpc) is 2.30. The summed E-state index contributed by atoms with van der Waals surface area (Å²) in [5.41, 5.74) is 0.0931. The number of esters is 1. The Bertz CT molecular complexity index is 530. The molecule has 5 nitrogen and oxygen atoms in total. The quantitative estimate of drug-likeness (QED) is 0.682. The van der Waals surface area contributed by atoms with Crippen LogP contribution < -0.4 is 4.72 Å². The molecule has 0 fully saturated rings. The Morgan fingerprint density at radius 3 is 2.65 bits per heavy atom. The van der Waals surface area contributed by atoms with E-state index in [2.05, 4.69) is 9.46 Å². The number of rotatable bonds is 4. The predicted octanol–water partition coefficient (Wildman–Crippen LogP) is 2.06. The summed E-state index contributed by atoms with van der Waals surface area (Å²) < 4.78 is 29.3. The van der Waals surface area contributed by atoms with Gasteiger partial charge in [0.2, 0.25) is 10.0 Å². The van der Waals surface area contributed by atoms with Crippen molar-refractivity contribution in [3.63, 3.8) is 0 Å². The molecule has 1 N–H and O–H groups in total. The first-order valence-corrected chi connectivity index (χ1v) is 6.90. The van der Waals surface area contributed by atoms with Gasteiger partial charge < -0.3 is 4.74 Å².